The Balaban J connectivity index is 1.08. The van der Waals surface area contributed by atoms with E-state index in [4.69, 9.17) is 6.57 Å². The summed E-state index contributed by atoms with van der Waals surface area (Å²) in [5, 5.41) is 19.8. The quantitative estimate of drug-likeness (QED) is 0.158. The average Bonchev–Trinajstić information content (AvgIpc) is 4.05. The first-order chi connectivity index (χ1) is 30.7. The van der Waals surface area contributed by atoms with Crippen LogP contribution in [0.5, 0.6) is 0 Å². The molecule has 4 heterocycles. The van der Waals surface area contributed by atoms with Crippen LogP contribution in [-0.2, 0) is 0 Å². The first-order valence-electron chi connectivity index (χ1n) is 20.7. The molecule has 6 heteroatoms. The Labute approximate surface area is 355 Å². The van der Waals surface area contributed by atoms with Gasteiger partial charge in [-0.3, -0.25) is 0 Å². The fraction of sp³-hybridized carbons (Fsp3) is 0. The highest BCUT2D eigenvalue weighted by molar-refractivity contribution is 6.29. The predicted octanol–water partition coefficient (Wildman–Crippen LogP) is 15.3. The molecule has 0 aliphatic rings. The molecule has 286 valence electrons. The third-order valence-corrected chi connectivity index (χ3v) is 12.8. The summed E-state index contributed by atoms with van der Waals surface area (Å²) in [5.41, 5.74) is 13.8. The molecular formula is C56H32N6. The lowest BCUT2D eigenvalue weighted by molar-refractivity contribution is 1.27. The standard InChI is InChI=1S/C56H32N6/c1-58-48-23-9-11-25-50(48)60(37-17-6-3-7-18-37)39-27-29-41-43-20-13-22-45-47-32-53-46(33-54(47)62(56(43)45)52(41)31-39)44-21-12-19-42-40-28-26-38(30-51(40)61(53)55(42)44)59(36-15-4-2-5-16-36)49-24-10-8-14-35(49)34-57/h2-33H. The summed E-state index contributed by atoms with van der Waals surface area (Å²) in [6.45, 7) is 8.04. The monoisotopic (exact) mass is 788 g/mol. The highest BCUT2D eigenvalue weighted by Crippen LogP contribution is 2.48. The van der Waals surface area contributed by atoms with E-state index in [1.807, 2.05) is 84.9 Å². The molecule has 0 unspecified atom stereocenters. The van der Waals surface area contributed by atoms with E-state index >= 15 is 0 Å². The van der Waals surface area contributed by atoms with Crippen LogP contribution in [0.1, 0.15) is 5.56 Å². The summed E-state index contributed by atoms with van der Waals surface area (Å²) in [4.78, 5) is 8.31. The van der Waals surface area contributed by atoms with E-state index in [0.29, 0.717) is 11.3 Å². The smallest absolute Gasteiger partial charge is 0.210 e. The van der Waals surface area contributed by atoms with Crippen molar-refractivity contribution in [3.8, 4) is 6.07 Å². The van der Waals surface area contributed by atoms with Gasteiger partial charge in [0.1, 0.15) is 6.07 Å². The van der Waals surface area contributed by atoms with Crippen molar-refractivity contribution in [3.63, 3.8) is 0 Å². The molecule has 0 radical (unpaired) electrons. The Morgan fingerprint density at radius 3 is 1.34 bits per heavy atom. The van der Waals surface area contributed by atoms with E-state index in [2.05, 4.69) is 139 Å². The van der Waals surface area contributed by atoms with E-state index in [1.54, 1.807) is 0 Å². The summed E-state index contributed by atoms with van der Waals surface area (Å²) >= 11 is 0. The lowest BCUT2D eigenvalue weighted by atomic mass is 10.0. The number of rotatable bonds is 6. The number of nitrogens with zero attached hydrogens (tertiary/aromatic N) is 6. The second-order valence-corrected chi connectivity index (χ2v) is 15.9. The number of fused-ring (bicyclic) bond motifs is 12. The van der Waals surface area contributed by atoms with Crippen LogP contribution < -0.4 is 9.80 Å². The normalized spacial score (nSPS) is 11.8. The Hall–Kier alpha value is -8.84. The van der Waals surface area contributed by atoms with Gasteiger partial charge in [0, 0.05) is 65.8 Å². The van der Waals surface area contributed by atoms with Crippen molar-refractivity contribution < 1.29 is 0 Å². The van der Waals surface area contributed by atoms with Crippen LogP contribution >= 0.6 is 0 Å². The minimum absolute atomic E-state index is 0.599. The molecule has 0 saturated heterocycles. The lowest BCUT2D eigenvalue weighted by Gasteiger charge is -2.26. The summed E-state index contributed by atoms with van der Waals surface area (Å²) < 4.78 is 4.91. The van der Waals surface area contributed by atoms with Crippen LogP contribution in [0.2, 0.25) is 0 Å². The van der Waals surface area contributed by atoms with Crippen LogP contribution in [0.25, 0.3) is 81.0 Å². The summed E-state index contributed by atoms with van der Waals surface area (Å²) in [7, 11) is 0. The van der Waals surface area contributed by atoms with Gasteiger partial charge in [-0.05, 0) is 78.9 Å². The van der Waals surface area contributed by atoms with Crippen LogP contribution in [0, 0.1) is 17.9 Å². The Bertz CT molecular complexity index is 3750. The van der Waals surface area contributed by atoms with Crippen LogP contribution in [0.3, 0.4) is 0 Å². The Morgan fingerprint density at radius 2 is 0.823 bits per heavy atom. The number of para-hydroxylation sites is 7. The number of hydrogen-bond acceptors (Lipinski definition) is 3. The van der Waals surface area contributed by atoms with Gasteiger partial charge >= 0.3 is 0 Å². The molecule has 0 amide bonds. The number of aromatic nitrogens is 2. The number of nitriles is 1. The first-order valence-corrected chi connectivity index (χ1v) is 20.7. The number of anilines is 6. The zero-order valence-corrected chi connectivity index (χ0v) is 33.2. The average molecular weight is 789 g/mol. The summed E-state index contributed by atoms with van der Waals surface area (Å²) in [6.07, 6.45) is 0. The van der Waals surface area contributed by atoms with Crippen LogP contribution in [0.15, 0.2) is 194 Å². The number of hydrogen-bond donors (Lipinski definition) is 0. The zero-order chi connectivity index (χ0) is 41.1. The van der Waals surface area contributed by atoms with Gasteiger partial charge in [0.15, 0.2) is 0 Å². The van der Waals surface area contributed by atoms with Gasteiger partial charge in [0.2, 0.25) is 5.69 Å². The second-order valence-electron chi connectivity index (χ2n) is 15.9. The minimum Gasteiger partial charge on any atom is -0.320 e. The maximum atomic E-state index is 10.2. The van der Waals surface area contributed by atoms with Gasteiger partial charge in [-0.2, -0.15) is 5.26 Å². The SMILES string of the molecule is [C-]#[N+]c1ccccc1N(c1ccccc1)c1ccc2c3cccc4c5cc6c(cc5n(c2c1)c34)c1cccc2c3ccc(N(c4ccccc4)c4ccccc4C#N)cc3n6c21. The minimum atomic E-state index is 0.599. The van der Waals surface area contributed by atoms with Gasteiger partial charge in [-0.1, -0.05) is 115 Å². The Kier molecular flexibility index (Phi) is 7.05. The molecule has 0 aliphatic heterocycles. The van der Waals surface area contributed by atoms with Crippen molar-refractivity contribution in [2.75, 3.05) is 9.80 Å². The Morgan fingerprint density at radius 1 is 0.387 bits per heavy atom. The molecule has 0 N–H and O–H groups in total. The molecule has 0 aliphatic carbocycles. The largest absolute Gasteiger partial charge is 0.320 e. The van der Waals surface area contributed by atoms with E-state index in [9.17, 15) is 5.26 Å². The molecule has 62 heavy (non-hydrogen) atoms. The van der Waals surface area contributed by atoms with Gasteiger partial charge in [0.05, 0.1) is 56.6 Å². The molecule has 0 bridgehead atoms. The molecule has 0 saturated carbocycles. The maximum absolute atomic E-state index is 10.2. The molecule has 13 rings (SSSR count). The molecule has 9 aromatic carbocycles. The van der Waals surface area contributed by atoms with E-state index < -0.39 is 0 Å². The van der Waals surface area contributed by atoms with Crippen molar-refractivity contribution >= 4 is 116 Å². The number of benzene rings is 9. The second kappa shape index (κ2) is 12.8. The first kappa shape index (κ1) is 34.1. The molecule has 13 aromatic rings. The third-order valence-electron chi connectivity index (χ3n) is 12.8. The summed E-state index contributed by atoms with van der Waals surface area (Å²) in [6, 6.07) is 70.3. The lowest BCUT2D eigenvalue weighted by Crippen LogP contribution is -2.11. The highest BCUT2D eigenvalue weighted by atomic mass is 15.2. The van der Waals surface area contributed by atoms with E-state index in [1.165, 1.54) is 54.1 Å². The predicted molar refractivity (Wildman–Crippen MR) is 256 cm³/mol. The van der Waals surface area contributed by atoms with E-state index in [0.717, 1.165) is 56.2 Å². The zero-order valence-electron chi connectivity index (χ0n) is 33.2. The van der Waals surface area contributed by atoms with Gasteiger partial charge in [-0.25, -0.2) is 4.85 Å². The van der Waals surface area contributed by atoms with Crippen LogP contribution in [0.4, 0.5) is 39.8 Å². The highest BCUT2D eigenvalue weighted by Gasteiger charge is 2.25. The molecule has 0 fully saturated rings. The van der Waals surface area contributed by atoms with Gasteiger partial charge in [-0.15, -0.1) is 0 Å². The van der Waals surface area contributed by atoms with Crippen molar-refractivity contribution in [1.82, 2.24) is 8.80 Å². The molecule has 0 atom stereocenters. The van der Waals surface area contributed by atoms with Crippen molar-refractivity contribution in [1.29, 1.82) is 5.26 Å². The van der Waals surface area contributed by atoms with Gasteiger partial charge in [0.25, 0.3) is 0 Å². The van der Waals surface area contributed by atoms with Crippen molar-refractivity contribution in [3.05, 3.63) is 211 Å². The molecule has 0 spiro atoms. The van der Waals surface area contributed by atoms with Crippen molar-refractivity contribution in [2.24, 2.45) is 0 Å². The van der Waals surface area contributed by atoms with Gasteiger partial charge < -0.3 is 18.6 Å². The van der Waals surface area contributed by atoms with Crippen LogP contribution in [-0.4, -0.2) is 8.80 Å². The molecule has 6 nitrogen and oxygen atoms in total. The van der Waals surface area contributed by atoms with E-state index in [-0.39, 0.29) is 0 Å². The molecule has 4 aromatic heterocycles. The fourth-order valence-corrected chi connectivity index (χ4v) is 10.2. The summed E-state index contributed by atoms with van der Waals surface area (Å²) in [5.74, 6) is 0. The fourth-order valence-electron chi connectivity index (χ4n) is 10.2. The van der Waals surface area contributed by atoms with Crippen molar-refractivity contribution in [2.45, 2.75) is 0 Å². The topological polar surface area (TPSA) is 43.5 Å². The maximum Gasteiger partial charge on any atom is 0.210 e. The molecular weight excluding hydrogens is 757 g/mol. The third kappa shape index (κ3) is 4.61.